The summed E-state index contributed by atoms with van der Waals surface area (Å²) in [7, 11) is 3.17. The minimum Gasteiger partial charge on any atom is -0.497 e. The summed E-state index contributed by atoms with van der Waals surface area (Å²) >= 11 is 0. The van der Waals surface area contributed by atoms with Gasteiger partial charge in [0.1, 0.15) is 17.2 Å². The highest BCUT2D eigenvalue weighted by molar-refractivity contribution is 6.05. The average molecular weight is 394 g/mol. The van der Waals surface area contributed by atoms with Crippen molar-refractivity contribution in [3.05, 3.63) is 65.4 Å². The van der Waals surface area contributed by atoms with Gasteiger partial charge in [-0.3, -0.25) is 9.59 Å². The van der Waals surface area contributed by atoms with Crippen LogP contribution >= 0.6 is 0 Å². The van der Waals surface area contributed by atoms with Gasteiger partial charge in [0.2, 0.25) is 0 Å². The SMILES string of the molecule is COc1ccc(/C=C(\NC(=O)c2ccc(OC)cc2)C(=O)N2CCCCC2)cc1. The van der Waals surface area contributed by atoms with Crippen LogP contribution in [0.5, 0.6) is 11.5 Å². The fourth-order valence-electron chi connectivity index (χ4n) is 3.22. The Morgan fingerprint density at radius 1 is 0.862 bits per heavy atom. The zero-order valence-corrected chi connectivity index (χ0v) is 16.8. The van der Waals surface area contributed by atoms with Gasteiger partial charge in [-0.1, -0.05) is 12.1 Å². The van der Waals surface area contributed by atoms with E-state index in [2.05, 4.69) is 5.32 Å². The van der Waals surface area contributed by atoms with Crippen LogP contribution in [0.3, 0.4) is 0 Å². The first-order valence-electron chi connectivity index (χ1n) is 9.71. The number of piperidine rings is 1. The minimum atomic E-state index is -0.335. The molecule has 0 spiro atoms. The Hall–Kier alpha value is -3.28. The molecule has 2 aromatic rings. The average Bonchev–Trinajstić information content (AvgIpc) is 2.79. The summed E-state index contributed by atoms with van der Waals surface area (Å²) in [5, 5.41) is 2.80. The summed E-state index contributed by atoms with van der Waals surface area (Å²) in [6.07, 6.45) is 4.79. The molecule has 0 aromatic heterocycles. The van der Waals surface area contributed by atoms with Crippen molar-refractivity contribution >= 4 is 17.9 Å². The fourth-order valence-corrected chi connectivity index (χ4v) is 3.22. The van der Waals surface area contributed by atoms with E-state index in [9.17, 15) is 9.59 Å². The smallest absolute Gasteiger partial charge is 0.270 e. The molecule has 0 saturated carbocycles. The number of carbonyl (C=O) groups is 2. The maximum Gasteiger partial charge on any atom is 0.270 e. The molecule has 3 rings (SSSR count). The molecule has 1 N–H and O–H groups in total. The monoisotopic (exact) mass is 394 g/mol. The van der Waals surface area contributed by atoms with Gasteiger partial charge in [-0.25, -0.2) is 0 Å². The quantitative estimate of drug-likeness (QED) is 0.762. The number of likely N-dealkylation sites (tertiary alicyclic amines) is 1. The number of benzene rings is 2. The van der Waals surface area contributed by atoms with Gasteiger partial charge in [0.15, 0.2) is 0 Å². The van der Waals surface area contributed by atoms with Crippen molar-refractivity contribution < 1.29 is 19.1 Å². The first-order valence-corrected chi connectivity index (χ1v) is 9.71. The third-order valence-corrected chi connectivity index (χ3v) is 4.90. The summed E-state index contributed by atoms with van der Waals surface area (Å²) < 4.78 is 10.3. The Bertz CT molecular complexity index is 867. The van der Waals surface area contributed by atoms with E-state index in [0.29, 0.717) is 24.4 Å². The first-order chi connectivity index (χ1) is 14.1. The second-order valence-corrected chi connectivity index (χ2v) is 6.87. The molecule has 1 heterocycles. The largest absolute Gasteiger partial charge is 0.497 e. The summed E-state index contributed by atoms with van der Waals surface area (Å²) in [6.45, 7) is 1.41. The summed E-state index contributed by atoms with van der Waals surface area (Å²) in [5.74, 6) is 0.897. The van der Waals surface area contributed by atoms with Gasteiger partial charge in [-0.05, 0) is 67.3 Å². The highest BCUT2D eigenvalue weighted by Crippen LogP contribution is 2.17. The maximum atomic E-state index is 13.1. The Kier molecular flexibility index (Phi) is 6.89. The van der Waals surface area contributed by atoms with Gasteiger partial charge in [-0.15, -0.1) is 0 Å². The number of hydrogen-bond donors (Lipinski definition) is 1. The van der Waals surface area contributed by atoms with Crippen molar-refractivity contribution in [2.45, 2.75) is 19.3 Å². The first kappa shape index (κ1) is 20.5. The number of rotatable bonds is 6. The molecule has 0 atom stereocenters. The van der Waals surface area contributed by atoms with Crippen LogP contribution in [0.15, 0.2) is 54.2 Å². The van der Waals surface area contributed by atoms with Gasteiger partial charge in [0.05, 0.1) is 14.2 Å². The molecule has 0 unspecified atom stereocenters. The van der Waals surface area contributed by atoms with Crippen LogP contribution < -0.4 is 14.8 Å². The van der Waals surface area contributed by atoms with Crippen LogP contribution in [0.2, 0.25) is 0 Å². The predicted octanol–water partition coefficient (Wildman–Crippen LogP) is 3.49. The van der Waals surface area contributed by atoms with E-state index in [4.69, 9.17) is 9.47 Å². The van der Waals surface area contributed by atoms with Gasteiger partial charge in [-0.2, -0.15) is 0 Å². The Balaban J connectivity index is 1.85. The standard InChI is InChI=1S/C23H26N2O4/c1-28-19-10-6-17(7-11-19)16-21(23(27)25-14-4-3-5-15-25)24-22(26)18-8-12-20(29-2)13-9-18/h6-13,16H,3-5,14-15H2,1-2H3,(H,24,26)/b21-16-. The number of nitrogens with one attached hydrogen (secondary N) is 1. The maximum absolute atomic E-state index is 13.1. The van der Waals surface area contributed by atoms with Crippen LogP contribution in [0.4, 0.5) is 0 Å². The summed E-state index contributed by atoms with van der Waals surface area (Å²) in [6, 6.07) is 14.1. The third-order valence-electron chi connectivity index (χ3n) is 4.90. The van der Waals surface area contributed by atoms with E-state index in [1.165, 1.54) is 0 Å². The van der Waals surface area contributed by atoms with Crippen molar-refractivity contribution in [3.8, 4) is 11.5 Å². The summed E-state index contributed by atoms with van der Waals surface area (Å²) in [4.78, 5) is 27.6. The third kappa shape index (κ3) is 5.38. The topological polar surface area (TPSA) is 67.9 Å². The second kappa shape index (κ2) is 9.78. The molecule has 152 valence electrons. The Labute approximate surface area is 171 Å². The van der Waals surface area contributed by atoms with E-state index in [1.807, 2.05) is 24.3 Å². The van der Waals surface area contributed by atoms with Crippen LogP contribution in [-0.4, -0.2) is 44.0 Å². The normalized spacial score (nSPS) is 14.3. The van der Waals surface area contributed by atoms with Gasteiger partial charge in [0.25, 0.3) is 11.8 Å². The molecule has 2 amide bonds. The van der Waals surface area contributed by atoms with Crippen LogP contribution in [0, 0.1) is 0 Å². The summed E-state index contributed by atoms with van der Waals surface area (Å²) in [5.41, 5.74) is 1.52. The number of carbonyl (C=O) groups excluding carboxylic acids is 2. The molecule has 0 radical (unpaired) electrons. The van der Waals surface area contributed by atoms with Gasteiger partial charge < -0.3 is 19.7 Å². The molecule has 1 saturated heterocycles. The van der Waals surface area contributed by atoms with Gasteiger partial charge >= 0.3 is 0 Å². The number of nitrogens with zero attached hydrogens (tertiary/aromatic N) is 1. The van der Waals surface area contributed by atoms with Crippen LogP contribution in [-0.2, 0) is 4.79 Å². The number of ether oxygens (including phenoxy) is 2. The zero-order chi connectivity index (χ0) is 20.6. The highest BCUT2D eigenvalue weighted by atomic mass is 16.5. The molecular formula is C23H26N2O4. The van der Waals surface area contributed by atoms with E-state index >= 15 is 0 Å². The lowest BCUT2D eigenvalue weighted by molar-refractivity contribution is -0.128. The molecule has 1 aliphatic heterocycles. The van der Waals surface area contributed by atoms with E-state index in [1.54, 1.807) is 49.5 Å². The predicted molar refractivity (Wildman–Crippen MR) is 112 cm³/mol. The fraction of sp³-hybridized carbons (Fsp3) is 0.304. The molecule has 1 aliphatic rings. The lowest BCUT2D eigenvalue weighted by Crippen LogP contribution is -2.41. The second-order valence-electron chi connectivity index (χ2n) is 6.87. The van der Waals surface area contributed by atoms with Crippen molar-refractivity contribution in [2.24, 2.45) is 0 Å². The van der Waals surface area contributed by atoms with Crippen LogP contribution in [0.1, 0.15) is 35.2 Å². The number of methoxy groups -OCH3 is 2. The lowest BCUT2D eigenvalue weighted by Gasteiger charge is -2.27. The number of hydrogen-bond acceptors (Lipinski definition) is 4. The molecule has 0 aliphatic carbocycles. The molecular weight excluding hydrogens is 368 g/mol. The molecule has 6 heteroatoms. The molecule has 6 nitrogen and oxygen atoms in total. The minimum absolute atomic E-state index is 0.164. The molecule has 0 bridgehead atoms. The lowest BCUT2D eigenvalue weighted by atomic mass is 10.1. The van der Waals surface area contributed by atoms with Crippen LogP contribution in [0.25, 0.3) is 6.08 Å². The van der Waals surface area contributed by atoms with Crippen molar-refractivity contribution in [3.63, 3.8) is 0 Å². The molecule has 1 fully saturated rings. The van der Waals surface area contributed by atoms with Crippen molar-refractivity contribution in [1.82, 2.24) is 10.2 Å². The zero-order valence-electron chi connectivity index (χ0n) is 16.8. The van der Waals surface area contributed by atoms with Crippen molar-refractivity contribution in [2.75, 3.05) is 27.3 Å². The van der Waals surface area contributed by atoms with Crippen molar-refractivity contribution in [1.29, 1.82) is 0 Å². The molecule has 2 aromatic carbocycles. The van der Waals surface area contributed by atoms with E-state index in [0.717, 1.165) is 30.6 Å². The number of amides is 2. The van der Waals surface area contributed by atoms with E-state index < -0.39 is 0 Å². The molecule has 29 heavy (non-hydrogen) atoms. The Morgan fingerprint density at radius 3 is 1.97 bits per heavy atom. The highest BCUT2D eigenvalue weighted by Gasteiger charge is 2.22. The van der Waals surface area contributed by atoms with Gasteiger partial charge in [0, 0.05) is 18.7 Å². The Morgan fingerprint density at radius 2 is 1.41 bits per heavy atom. The van der Waals surface area contributed by atoms with E-state index in [-0.39, 0.29) is 17.5 Å².